The summed E-state index contributed by atoms with van der Waals surface area (Å²) < 4.78 is 0. The number of aliphatic imine (C=N–C) groups is 1. The lowest BCUT2D eigenvalue weighted by Gasteiger charge is -2.07. The van der Waals surface area contributed by atoms with Gasteiger partial charge in [0.1, 0.15) is 0 Å². The Morgan fingerprint density at radius 1 is 0.963 bits per heavy atom. The highest BCUT2D eigenvalue weighted by molar-refractivity contribution is 7.80. The van der Waals surface area contributed by atoms with Gasteiger partial charge in [-0.25, -0.2) is 0 Å². The van der Waals surface area contributed by atoms with E-state index >= 15 is 0 Å². The minimum atomic E-state index is 0.809. The number of hydrogen-bond donors (Lipinski definition) is 2. The van der Waals surface area contributed by atoms with Crippen LogP contribution < -0.4 is 5.32 Å². The van der Waals surface area contributed by atoms with E-state index in [1.165, 1.54) is 28.8 Å². The van der Waals surface area contributed by atoms with Gasteiger partial charge in [-0.05, 0) is 35.4 Å². The number of hydrogen-bond acceptors (Lipinski definition) is 3. The Kier molecular flexibility index (Phi) is 12.0. The molecule has 0 bridgehead atoms. The Morgan fingerprint density at radius 3 is 2.30 bits per heavy atom. The third kappa shape index (κ3) is 8.04. The van der Waals surface area contributed by atoms with Crippen molar-refractivity contribution in [1.82, 2.24) is 0 Å². The molecule has 0 amide bonds. The van der Waals surface area contributed by atoms with Crippen LogP contribution in [0, 0.1) is 0 Å². The molecule has 3 rings (SSSR count). The smallest absolute Gasteiger partial charge is 0.0668 e. The number of thiol groups is 1. The summed E-state index contributed by atoms with van der Waals surface area (Å²) in [6.45, 7) is 10.1. The van der Waals surface area contributed by atoms with Crippen molar-refractivity contribution >= 4 is 30.1 Å². The zero-order valence-corrected chi connectivity index (χ0v) is 18.1. The van der Waals surface area contributed by atoms with E-state index in [-0.39, 0.29) is 0 Å². The third-order valence-corrected chi connectivity index (χ3v) is 3.77. The largest absolute Gasteiger partial charge is 0.383 e. The van der Waals surface area contributed by atoms with E-state index in [9.17, 15) is 0 Å². The molecule has 1 aliphatic rings. The molecule has 0 saturated carbocycles. The summed E-state index contributed by atoms with van der Waals surface area (Å²) in [7, 11) is 0. The lowest BCUT2D eigenvalue weighted by atomic mass is 10.0. The molecular formula is C24H34N2S. The van der Waals surface area contributed by atoms with Crippen LogP contribution in [0.1, 0.15) is 50.8 Å². The lowest BCUT2D eigenvalue weighted by molar-refractivity contribution is 1.04. The molecular weight excluding hydrogens is 348 g/mol. The number of rotatable bonds is 3. The quantitative estimate of drug-likeness (QED) is 0.580. The average molecular weight is 383 g/mol. The number of anilines is 1. The van der Waals surface area contributed by atoms with Gasteiger partial charge in [0.25, 0.3) is 0 Å². The van der Waals surface area contributed by atoms with Crippen LogP contribution in [0.15, 0.2) is 59.6 Å². The number of nitrogens with zero attached hydrogens (tertiary/aromatic N) is 1. The second-order valence-corrected chi connectivity index (χ2v) is 6.78. The molecule has 27 heavy (non-hydrogen) atoms. The highest BCUT2D eigenvalue weighted by atomic mass is 32.1. The van der Waals surface area contributed by atoms with E-state index in [0.717, 1.165) is 31.0 Å². The number of nitrogens with one attached hydrogen (secondary N) is 1. The van der Waals surface area contributed by atoms with Crippen molar-refractivity contribution in [2.45, 2.75) is 40.5 Å². The maximum absolute atomic E-state index is 4.70. The Labute approximate surface area is 171 Å². The van der Waals surface area contributed by atoms with Crippen molar-refractivity contribution in [3.05, 3.63) is 71.3 Å². The van der Waals surface area contributed by atoms with Crippen LogP contribution in [0.2, 0.25) is 0 Å². The highest BCUT2D eigenvalue weighted by Gasteiger charge is 2.09. The average Bonchev–Trinajstić information content (AvgIpc) is 2.90. The van der Waals surface area contributed by atoms with Crippen LogP contribution in [0.4, 0.5) is 5.69 Å². The van der Waals surface area contributed by atoms with Crippen molar-refractivity contribution in [2.75, 3.05) is 24.2 Å². The Hall–Kier alpha value is -2.00. The second kappa shape index (κ2) is 14.1. The predicted octanol–water partition coefficient (Wildman–Crippen LogP) is 6.53. The predicted molar refractivity (Wildman–Crippen MR) is 127 cm³/mol. The minimum absolute atomic E-state index is 0.809. The van der Waals surface area contributed by atoms with Gasteiger partial charge in [0.15, 0.2) is 0 Å². The van der Waals surface area contributed by atoms with Crippen LogP contribution in [-0.4, -0.2) is 24.6 Å². The van der Waals surface area contributed by atoms with Gasteiger partial charge in [0.2, 0.25) is 0 Å². The van der Waals surface area contributed by atoms with Crippen molar-refractivity contribution in [1.29, 1.82) is 0 Å². The molecule has 0 saturated heterocycles. The van der Waals surface area contributed by atoms with Crippen LogP contribution in [-0.2, 0) is 6.42 Å². The first-order valence-corrected chi connectivity index (χ1v) is 10.6. The normalized spacial score (nSPS) is 12.4. The van der Waals surface area contributed by atoms with Crippen molar-refractivity contribution in [2.24, 2.45) is 4.99 Å². The minimum Gasteiger partial charge on any atom is -0.383 e. The maximum Gasteiger partial charge on any atom is 0.0668 e. The number of benzodiazepines with no additional fused rings is 1. The van der Waals surface area contributed by atoms with Gasteiger partial charge in [-0.3, -0.25) is 4.99 Å². The standard InChI is InChI=1S/C19H20N2.C3H8.C2H6S/c1-2-15-7-3-4-8-16(15)11-12-19-17-9-5-6-10-18(17)20-13-14-21-19;1-3-2;1-2-3/h3-12,20H,2,13-14H2,1H3;3H2,1-2H3;3H,2H2,1H3/b12-11+;;. The first-order valence-electron chi connectivity index (χ1n) is 9.96. The molecule has 2 aromatic carbocycles. The topological polar surface area (TPSA) is 24.4 Å². The summed E-state index contributed by atoms with van der Waals surface area (Å²) >= 11 is 3.79. The SMILES string of the molecule is CCC.CCS.CCc1ccccc1/C=C/C1=NCCNc2ccccc21. The molecule has 0 aromatic heterocycles. The zero-order valence-electron chi connectivity index (χ0n) is 17.2. The van der Waals surface area contributed by atoms with E-state index < -0.39 is 0 Å². The van der Waals surface area contributed by atoms with Crippen molar-refractivity contribution in [3.8, 4) is 0 Å². The van der Waals surface area contributed by atoms with Gasteiger partial charge in [0, 0.05) is 17.8 Å². The molecule has 0 atom stereocenters. The van der Waals surface area contributed by atoms with E-state index in [4.69, 9.17) is 4.99 Å². The fraction of sp³-hybridized carbons (Fsp3) is 0.375. The zero-order chi connectivity index (χ0) is 19.9. The summed E-state index contributed by atoms with van der Waals surface area (Å²) in [6.07, 6.45) is 6.62. The molecule has 2 nitrogen and oxygen atoms in total. The molecule has 1 heterocycles. The maximum atomic E-state index is 4.70. The fourth-order valence-corrected chi connectivity index (χ4v) is 2.64. The monoisotopic (exact) mass is 382 g/mol. The molecule has 0 aliphatic carbocycles. The third-order valence-electron chi connectivity index (χ3n) is 3.77. The molecule has 0 unspecified atom stereocenters. The number of benzene rings is 2. The van der Waals surface area contributed by atoms with E-state index in [2.05, 4.69) is 99.4 Å². The highest BCUT2D eigenvalue weighted by Crippen LogP contribution is 2.20. The van der Waals surface area contributed by atoms with Gasteiger partial charge >= 0.3 is 0 Å². The number of allylic oxidation sites excluding steroid dienone is 1. The number of fused-ring (bicyclic) bond motifs is 1. The molecule has 2 aromatic rings. The molecule has 1 N–H and O–H groups in total. The van der Waals surface area contributed by atoms with Gasteiger partial charge in [-0.2, -0.15) is 12.6 Å². The van der Waals surface area contributed by atoms with Crippen molar-refractivity contribution < 1.29 is 0 Å². The summed E-state index contributed by atoms with van der Waals surface area (Å²) in [4.78, 5) is 4.70. The first-order chi connectivity index (χ1) is 13.2. The van der Waals surface area contributed by atoms with E-state index in [0.29, 0.717) is 0 Å². The Bertz CT molecular complexity index is 718. The summed E-state index contributed by atoms with van der Waals surface area (Å²) in [6, 6.07) is 16.9. The molecule has 0 fully saturated rings. The van der Waals surface area contributed by atoms with Gasteiger partial charge in [0.05, 0.1) is 12.3 Å². The van der Waals surface area contributed by atoms with Crippen molar-refractivity contribution in [3.63, 3.8) is 0 Å². The molecule has 1 aliphatic heterocycles. The van der Waals surface area contributed by atoms with Crippen LogP contribution in [0.25, 0.3) is 6.08 Å². The van der Waals surface area contributed by atoms with Gasteiger partial charge in [-0.15, -0.1) is 0 Å². The summed E-state index contributed by atoms with van der Waals surface area (Å²) in [5.74, 6) is 0.944. The fourth-order valence-electron chi connectivity index (χ4n) is 2.64. The number of para-hydroxylation sites is 1. The van der Waals surface area contributed by atoms with E-state index in [1.807, 2.05) is 6.92 Å². The Morgan fingerprint density at radius 2 is 1.59 bits per heavy atom. The summed E-state index contributed by atoms with van der Waals surface area (Å²) in [5, 5.41) is 3.43. The molecule has 3 heteroatoms. The molecule has 0 radical (unpaired) electrons. The van der Waals surface area contributed by atoms with Crippen LogP contribution >= 0.6 is 12.6 Å². The molecule has 146 valence electrons. The second-order valence-electron chi connectivity index (χ2n) is 6.15. The first kappa shape index (κ1) is 23.0. The van der Waals surface area contributed by atoms with E-state index in [1.54, 1.807) is 0 Å². The number of aryl methyl sites for hydroxylation is 1. The molecule has 0 spiro atoms. The van der Waals surface area contributed by atoms with Gasteiger partial charge in [-0.1, -0.05) is 82.7 Å². The summed E-state index contributed by atoms with van der Waals surface area (Å²) in [5.41, 5.74) is 6.05. The van der Waals surface area contributed by atoms with Gasteiger partial charge < -0.3 is 5.32 Å². The van der Waals surface area contributed by atoms with Crippen LogP contribution in [0.3, 0.4) is 0 Å². The van der Waals surface area contributed by atoms with Crippen LogP contribution in [0.5, 0.6) is 0 Å². The lowest BCUT2D eigenvalue weighted by Crippen LogP contribution is -2.03. The Balaban J connectivity index is 0.000000540.